The number of hydrogen-bond donors (Lipinski definition) is 3. The molecule has 6 aromatic rings. The highest BCUT2D eigenvalue weighted by atomic mass is 16.3. The summed E-state index contributed by atoms with van der Waals surface area (Å²) in [4.78, 5) is 31.0. The van der Waals surface area contributed by atoms with E-state index in [2.05, 4.69) is 73.8 Å². The number of aliphatic hydroxyl groups excluding tert-OH is 1. The normalized spacial score (nSPS) is 21.9. The third kappa shape index (κ3) is 8.52. The van der Waals surface area contributed by atoms with Crippen molar-refractivity contribution >= 4 is 28.3 Å². The van der Waals surface area contributed by atoms with Gasteiger partial charge in [0.15, 0.2) is 5.78 Å². The Hall–Kier alpha value is -5.82. The fourth-order valence-electron chi connectivity index (χ4n) is 9.67. The van der Waals surface area contributed by atoms with Crippen molar-refractivity contribution in [3.63, 3.8) is 0 Å². The minimum atomic E-state index is -1.29. The molecule has 3 N–H and O–H groups in total. The zero-order chi connectivity index (χ0) is 41.0. The van der Waals surface area contributed by atoms with Crippen molar-refractivity contribution in [2.75, 3.05) is 11.9 Å². The van der Waals surface area contributed by atoms with Crippen LogP contribution in [0.4, 0.5) is 10.5 Å². The molecule has 0 heterocycles. The molecule has 6 aromatic carbocycles. The standard InChI is InChI=1S/C53H54N2O4/c1-37-13-12-31-52(2)49(47-29-23-38(33-45(56)28-22-37)34-48(47)50(57)42-26-24-40(25-27-42)39-14-5-3-6-15-39)30-32-53(52,59)36-55(51(58)54-44-19-7-4-8-20-44)35-43-18-11-17-41-16-9-10-21-46(41)43/h3-11,13-21,23-27,29,34,45,49,56,59H,12,22,28,30-33,35-36H2,1-2H3,(H,54,58). The first-order valence-electron chi connectivity index (χ1n) is 21.1. The molecule has 3 aliphatic rings. The fraction of sp³-hybridized carbons (Fsp3) is 0.283. The fourth-order valence-corrected chi connectivity index (χ4v) is 9.67. The van der Waals surface area contributed by atoms with Gasteiger partial charge in [-0.2, -0.15) is 0 Å². The van der Waals surface area contributed by atoms with Crippen LogP contribution >= 0.6 is 0 Å². The largest absolute Gasteiger partial charge is 0.393 e. The van der Waals surface area contributed by atoms with E-state index < -0.39 is 17.1 Å². The van der Waals surface area contributed by atoms with Crippen molar-refractivity contribution in [2.45, 2.75) is 83.0 Å². The molecule has 59 heavy (non-hydrogen) atoms. The quantitative estimate of drug-likeness (QED) is 0.106. The van der Waals surface area contributed by atoms with Crippen LogP contribution in [0, 0.1) is 5.41 Å². The average Bonchev–Trinajstić information content (AvgIpc) is 3.51. The maximum absolute atomic E-state index is 14.8. The summed E-state index contributed by atoms with van der Waals surface area (Å²) in [6.07, 6.45) is 6.03. The maximum atomic E-state index is 14.8. The summed E-state index contributed by atoms with van der Waals surface area (Å²) in [5.41, 5.74) is 6.05. The van der Waals surface area contributed by atoms with Crippen LogP contribution in [0.1, 0.15) is 90.9 Å². The number of anilines is 1. The number of hydrogen-bond acceptors (Lipinski definition) is 4. The molecule has 6 heteroatoms. The van der Waals surface area contributed by atoms with Gasteiger partial charge < -0.3 is 20.4 Å². The second-order valence-electron chi connectivity index (χ2n) is 17.0. The van der Waals surface area contributed by atoms with Crippen LogP contribution in [-0.4, -0.2) is 45.2 Å². The van der Waals surface area contributed by atoms with Crippen LogP contribution in [0.25, 0.3) is 21.9 Å². The Morgan fingerprint density at radius 2 is 1.47 bits per heavy atom. The Morgan fingerprint density at radius 1 is 0.780 bits per heavy atom. The molecular formula is C53H54N2O4. The molecule has 0 aromatic heterocycles. The number of nitrogens with zero attached hydrogens (tertiary/aromatic N) is 1. The number of allylic oxidation sites excluding steroid dienone is 2. The third-order valence-electron chi connectivity index (χ3n) is 13.2. The Morgan fingerprint density at radius 3 is 2.25 bits per heavy atom. The zero-order valence-corrected chi connectivity index (χ0v) is 34.1. The Labute approximate surface area is 348 Å². The predicted molar refractivity (Wildman–Crippen MR) is 239 cm³/mol. The highest BCUT2D eigenvalue weighted by Crippen LogP contribution is 2.59. The van der Waals surface area contributed by atoms with Gasteiger partial charge in [-0.1, -0.05) is 146 Å². The van der Waals surface area contributed by atoms with Gasteiger partial charge in [0.1, 0.15) is 0 Å². The summed E-state index contributed by atoms with van der Waals surface area (Å²) in [5, 5.41) is 29.7. The number of amides is 2. The van der Waals surface area contributed by atoms with Crippen LogP contribution in [0.15, 0.2) is 157 Å². The Bertz CT molecular complexity index is 2460. The smallest absolute Gasteiger partial charge is 0.322 e. The minimum absolute atomic E-state index is 0.0728. The predicted octanol–water partition coefficient (Wildman–Crippen LogP) is 11.5. The SMILES string of the molecule is CC1=CCCC2(C)C(CCC2(O)CN(Cc2cccc3ccccc23)C(=O)Nc2ccccc2)c2ccc(cc2C(=O)c2ccc(-c3ccccc3)cc2)CC(O)CC1. The molecule has 4 unspecified atom stereocenters. The summed E-state index contributed by atoms with van der Waals surface area (Å²) in [7, 11) is 0. The lowest BCUT2D eigenvalue weighted by molar-refractivity contribution is -0.0773. The van der Waals surface area contributed by atoms with E-state index in [-0.39, 0.29) is 24.3 Å². The number of carbonyl (C=O) groups is 2. The molecule has 2 amide bonds. The Kier molecular flexibility index (Phi) is 11.6. The average molecular weight is 783 g/mol. The van der Waals surface area contributed by atoms with Gasteiger partial charge in [0.25, 0.3) is 0 Å². The number of ketones is 1. The molecule has 9 rings (SSSR count). The molecule has 1 fully saturated rings. The number of aliphatic hydroxyl groups is 2. The Balaban J connectivity index is 1.19. The van der Waals surface area contributed by atoms with Gasteiger partial charge in [-0.3, -0.25) is 4.79 Å². The van der Waals surface area contributed by atoms with E-state index in [9.17, 15) is 19.8 Å². The molecule has 2 bridgehead atoms. The highest BCUT2D eigenvalue weighted by Gasteiger charge is 2.57. The minimum Gasteiger partial charge on any atom is -0.393 e. The molecule has 6 nitrogen and oxygen atoms in total. The topological polar surface area (TPSA) is 89.9 Å². The summed E-state index contributed by atoms with van der Waals surface area (Å²) < 4.78 is 0. The lowest BCUT2D eigenvalue weighted by Gasteiger charge is -2.46. The first-order valence-corrected chi connectivity index (χ1v) is 21.1. The summed E-state index contributed by atoms with van der Waals surface area (Å²) >= 11 is 0. The maximum Gasteiger partial charge on any atom is 0.322 e. The summed E-state index contributed by atoms with van der Waals surface area (Å²) in [5.74, 6) is -0.251. The van der Waals surface area contributed by atoms with Gasteiger partial charge >= 0.3 is 6.03 Å². The number of rotatable bonds is 8. The van der Waals surface area contributed by atoms with Gasteiger partial charge in [0.2, 0.25) is 0 Å². The second kappa shape index (κ2) is 17.2. The van der Waals surface area contributed by atoms with Crippen LogP contribution in [-0.2, 0) is 13.0 Å². The van der Waals surface area contributed by atoms with Gasteiger partial charge in [-0.05, 0) is 115 Å². The van der Waals surface area contributed by atoms with Crippen molar-refractivity contribution in [3.05, 3.63) is 185 Å². The van der Waals surface area contributed by atoms with Gasteiger partial charge in [0, 0.05) is 28.8 Å². The zero-order valence-electron chi connectivity index (χ0n) is 34.1. The van der Waals surface area contributed by atoms with Gasteiger partial charge in [-0.25, -0.2) is 4.79 Å². The van der Waals surface area contributed by atoms with Crippen LogP contribution in [0.2, 0.25) is 0 Å². The van der Waals surface area contributed by atoms with E-state index in [4.69, 9.17) is 0 Å². The van der Waals surface area contributed by atoms with Gasteiger partial charge in [-0.15, -0.1) is 0 Å². The number of urea groups is 1. The molecule has 0 radical (unpaired) electrons. The molecule has 3 aliphatic carbocycles. The van der Waals surface area contributed by atoms with E-state index in [0.29, 0.717) is 55.5 Å². The van der Waals surface area contributed by atoms with Crippen LogP contribution < -0.4 is 5.32 Å². The third-order valence-corrected chi connectivity index (χ3v) is 13.2. The van der Waals surface area contributed by atoms with Gasteiger partial charge in [0.05, 0.1) is 18.2 Å². The summed E-state index contributed by atoms with van der Waals surface area (Å²) in [6, 6.07) is 47.6. The van der Waals surface area contributed by atoms with E-state index in [1.54, 1.807) is 4.90 Å². The number of carbonyl (C=O) groups excluding carboxylic acids is 2. The van der Waals surface area contributed by atoms with Crippen molar-refractivity contribution in [1.29, 1.82) is 0 Å². The highest BCUT2D eigenvalue weighted by molar-refractivity contribution is 6.10. The van der Waals surface area contributed by atoms with Crippen LogP contribution in [0.5, 0.6) is 0 Å². The number of nitrogens with one attached hydrogen (secondary N) is 1. The first-order chi connectivity index (χ1) is 28.6. The second-order valence-corrected chi connectivity index (χ2v) is 17.0. The molecule has 0 aliphatic heterocycles. The molecular weight excluding hydrogens is 729 g/mol. The van der Waals surface area contributed by atoms with E-state index in [1.807, 2.05) is 97.1 Å². The molecule has 300 valence electrons. The molecule has 0 spiro atoms. The molecule has 4 atom stereocenters. The van der Waals surface area contributed by atoms with Crippen molar-refractivity contribution in [2.24, 2.45) is 5.41 Å². The lowest BCUT2D eigenvalue weighted by Crippen LogP contribution is -2.54. The van der Waals surface area contributed by atoms with Crippen molar-refractivity contribution < 1.29 is 19.8 Å². The first kappa shape index (κ1) is 40.0. The van der Waals surface area contributed by atoms with E-state index >= 15 is 0 Å². The van der Waals surface area contributed by atoms with Crippen molar-refractivity contribution in [1.82, 2.24) is 4.90 Å². The van der Waals surface area contributed by atoms with E-state index in [1.165, 1.54) is 5.57 Å². The molecule has 1 saturated carbocycles. The van der Waals surface area contributed by atoms with E-state index in [0.717, 1.165) is 51.4 Å². The molecule has 0 saturated heterocycles. The number of benzene rings is 6. The number of para-hydroxylation sites is 1. The van der Waals surface area contributed by atoms with Crippen molar-refractivity contribution in [3.8, 4) is 11.1 Å². The summed E-state index contributed by atoms with van der Waals surface area (Å²) in [6.45, 7) is 4.71. The number of fused-ring (bicyclic) bond motifs is 9. The lowest BCUT2D eigenvalue weighted by atomic mass is 9.64. The monoisotopic (exact) mass is 782 g/mol. The van der Waals surface area contributed by atoms with Crippen LogP contribution in [0.3, 0.4) is 0 Å².